The third-order valence-corrected chi connectivity index (χ3v) is 2.87. The lowest BCUT2D eigenvalue weighted by Crippen LogP contribution is -2.37. The molecule has 64 valence electrons. The van der Waals surface area contributed by atoms with E-state index in [4.69, 9.17) is 0 Å². The first-order valence-corrected chi connectivity index (χ1v) is 4.56. The molecule has 0 N–H and O–H groups in total. The first-order valence-electron chi connectivity index (χ1n) is 4.56. The standard InChI is InChI=1S/C10H18O/c1-8(2)10(11)6-4-5-9(3)7-10/h9H,4-7H2,1-3H3. The smallest absolute Gasteiger partial charge is 0.109 e. The molecule has 0 aromatic carbocycles. The molecule has 11 heavy (non-hydrogen) atoms. The average Bonchev–Trinajstić information content (AvgIpc) is 1.86. The van der Waals surface area contributed by atoms with E-state index in [0.29, 0.717) is 5.92 Å². The highest BCUT2D eigenvalue weighted by Crippen LogP contribution is 2.38. The Morgan fingerprint density at radius 2 is 2.09 bits per heavy atom. The fraction of sp³-hybridized carbons (Fsp3) is 0.900. The molecule has 1 aliphatic carbocycles. The van der Waals surface area contributed by atoms with Gasteiger partial charge in [0.1, 0.15) is 5.60 Å². The Kier molecular flexibility index (Phi) is 2.58. The van der Waals surface area contributed by atoms with Gasteiger partial charge in [0.05, 0.1) is 0 Å². The van der Waals surface area contributed by atoms with Gasteiger partial charge in [-0.1, -0.05) is 33.6 Å². The molecule has 2 atom stereocenters. The predicted octanol–water partition coefficient (Wildman–Crippen LogP) is 2.98. The van der Waals surface area contributed by atoms with E-state index in [9.17, 15) is 5.11 Å². The SMILES string of the molecule is C[C](C)C1([O])CCCC(C)C1. The Bertz CT molecular complexity index is 131. The Balaban J connectivity index is 2.55. The lowest BCUT2D eigenvalue weighted by Gasteiger charge is -2.36. The van der Waals surface area contributed by atoms with E-state index in [1.807, 2.05) is 13.8 Å². The molecule has 2 radical (unpaired) electrons. The molecule has 1 rings (SSSR count). The molecule has 0 aliphatic heterocycles. The van der Waals surface area contributed by atoms with Crippen LogP contribution in [-0.2, 0) is 5.11 Å². The van der Waals surface area contributed by atoms with Crippen molar-refractivity contribution in [2.75, 3.05) is 0 Å². The summed E-state index contributed by atoms with van der Waals surface area (Å²) in [5.74, 6) is 1.71. The Labute approximate surface area is 69.8 Å². The van der Waals surface area contributed by atoms with Crippen LogP contribution in [0.3, 0.4) is 0 Å². The molecule has 0 spiro atoms. The van der Waals surface area contributed by atoms with E-state index in [1.165, 1.54) is 6.42 Å². The van der Waals surface area contributed by atoms with Crippen molar-refractivity contribution in [3.63, 3.8) is 0 Å². The molecule has 1 aliphatic rings. The molecule has 2 unspecified atom stereocenters. The van der Waals surface area contributed by atoms with Gasteiger partial charge in [-0.25, -0.2) is 5.11 Å². The van der Waals surface area contributed by atoms with Crippen LogP contribution in [0.15, 0.2) is 0 Å². The molecule has 1 nitrogen and oxygen atoms in total. The minimum atomic E-state index is -0.683. The molecule has 0 saturated heterocycles. The molecular weight excluding hydrogens is 136 g/mol. The minimum Gasteiger partial charge on any atom is -0.229 e. The lowest BCUT2D eigenvalue weighted by atomic mass is 9.73. The molecule has 0 aromatic heterocycles. The van der Waals surface area contributed by atoms with Crippen LogP contribution in [0.25, 0.3) is 0 Å². The Morgan fingerprint density at radius 1 is 1.45 bits per heavy atom. The van der Waals surface area contributed by atoms with Crippen LogP contribution in [0.2, 0.25) is 0 Å². The highest BCUT2D eigenvalue weighted by Gasteiger charge is 2.37. The highest BCUT2D eigenvalue weighted by molar-refractivity contribution is 5.03. The predicted molar refractivity (Wildman–Crippen MR) is 45.6 cm³/mol. The Hall–Kier alpha value is -0.0400. The second-order valence-electron chi connectivity index (χ2n) is 4.20. The van der Waals surface area contributed by atoms with E-state index >= 15 is 0 Å². The molecular formula is C10H18O. The number of hydrogen-bond donors (Lipinski definition) is 0. The summed E-state index contributed by atoms with van der Waals surface area (Å²) < 4.78 is 0. The van der Waals surface area contributed by atoms with Crippen molar-refractivity contribution >= 4 is 0 Å². The molecule has 1 saturated carbocycles. The van der Waals surface area contributed by atoms with Gasteiger partial charge in [-0.3, -0.25) is 0 Å². The fourth-order valence-electron chi connectivity index (χ4n) is 1.96. The fourth-order valence-corrected chi connectivity index (χ4v) is 1.96. The van der Waals surface area contributed by atoms with Gasteiger partial charge in [0.25, 0.3) is 0 Å². The van der Waals surface area contributed by atoms with Crippen molar-refractivity contribution < 1.29 is 5.11 Å². The normalized spacial score (nSPS) is 39.5. The summed E-state index contributed by atoms with van der Waals surface area (Å²) in [7, 11) is 0. The van der Waals surface area contributed by atoms with Crippen molar-refractivity contribution in [3.05, 3.63) is 5.92 Å². The van der Waals surface area contributed by atoms with Gasteiger partial charge in [-0.15, -0.1) is 0 Å². The molecule has 0 aromatic rings. The van der Waals surface area contributed by atoms with Crippen molar-refractivity contribution in [3.8, 4) is 0 Å². The third-order valence-electron chi connectivity index (χ3n) is 2.87. The molecule has 0 amide bonds. The topological polar surface area (TPSA) is 19.9 Å². The van der Waals surface area contributed by atoms with Crippen LogP contribution >= 0.6 is 0 Å². The zero-order valence-electron chi connectivity index (χ0n) is 7.81. The second-order valence-corrected chi connectivity index (χ2v) is 4.20. The van der Waals surface area contributed by atoms with Gasteiger partial charge in [0.15, 0.2) is 0 Å². The quantitative estimate of drug-likeness (QED) is 0.553. The summed E-state index contributed by atoms with van der Waals surface area (Å²) in [4.78, 5) is 0. The maximum Gasteiger partial charge on any atom is 0.109 e. The summed E-state index contributed by atoms with van der Waals surface area (Å²) in [6, 6.07) is 0. The summed E-state index contributed by atoms with van der Waals surface area (Å²) in [5.41, 5.74) is -0.683. The van der Waals surface area contributed by atoms with Crippen LogP contribution in [0, 0.1) is 11.8 Å². The summed E-state index contributed by atoms with van der Waals surface area (Å²) in [6.07, 6.45) is 4.09. The average molecular weight is 154 g/mol. The van der Waals surface area contributed by atoms with Crippen LogP contribution in [-0.4, -0.2) is 5.60 Å². The van der Waals surface area contributed by atoms with E-state index in [2.05, 4.69) is 6.92 Å². The van der Waals surface area contributed by atoms with E-state index in [-0.39, 0.29) is 0 Å². The highest BCUT2D eigenvalue weighted by atomic mass is 16.3. The van der Waals surface area contributed by atoms with Crippen LogP contribution in [0.4, 0.5) is 0 Å². The van der Waals surface area contributed by atoms with Crippen LogP contribution in [0.5, 0.6) is 0 Å². The zero-order valence-corrected chi connectivity index (χ0v) is 7.81. The van der Waals surface area contributed by atoms with Crippen LogP contribution < -0.4 is 0 Å². The van der Waals surface area contributed by atoms with Gasteiger partial charge >= 0.3 is 0 Å². The monoisotopic (exact) mass is 154 g/mol. The largest absolute Gasteiger partial charge is 0.229 e. The number of hydrogen-bond acceptors (Lipinski definition) is 0. The first kappa shape index (κ1) is 9.05. The second kappa shape index (κ2) is 3.14. The first-order chi connectivity index (χ1) is 5.04. The maximum absolute atomic E-state index is 12.0. The van der Waals surface area contributed by atoms with E-state index in [0.717, 1.165) is 25.2 Å². The van der Waals surface area contributed by atoms with Crippen LogP contribution in [0.1, 0.15) is 46.5 Å². The lowest BCUT2D eigenvalue weighted by molar-refractivity contribution is -0.0572. The Morgan fingerprint density at radius 3 is 2.45 bits per heavy atom. The molecule has 1 heteroatoms. The maximum atomic E-state index is 12.0. The van der Waals surface area contributed by atoms with Gasteiger partial charge in [0.2, 0.25) is 0 Å². The molecule has 0 heterocycles. The summed E-state index contributed by atoms with van der Waals surface area (Å²) in [5, 5.41) is 12.0. The van der Waals surface area contributed by atoms with Crippen molar-refractivity contribution in [2.24, 2.45) is 5.92 Å². The summed E-state index contributed by atoms with van der Waals surface area (Å²) in [6.45, 7) is 6.14. The number of rotatable bonds is 1. The van der Waals surface area contributed by atoms with Gasteiger partial charge in [-0.2, -0.15) is 0 Å². The molecule has 1 fully saturated rings. The van der Waals surface area contributed by atoms with Crippen molar-refractivity contribution in [2.45, 2.75) is 52.1 Å². The zero-order chi connectivity index (χ0) is 8.48. The minimum absolute atomic E-state index is 0.635. The van der Waals surface area contributed by atoms with Gasteiger partial charge < -0.3 is 0 Å². The van der Waals surface area contributed by atoms with Crippen molar-refractivity contribution in [1.82, 2.24) is 0 Å². The van der Waals surface area contributed by atoms with Gasteiger partial charge in [0, 0.05) is 5.92 Å². The third kappa shape index (κ3) is 1.96. The van der Waals surface area contributed by atoms with Gasteiger partial charge in [-0.05, 0) is 18.8 Å². The van der Waals surface area contributed by atoms with E-state index < -0.39 is 5.60 Å². The van der Waals surface area contributed by atoms with E-state index in [1.54, 1.807) is 0 Å². The summed E-state index contributed by atoms with van der Waals surface area (Å²) >= 11 is 0. The van der Waals surface area contributed by atoms with Crippen molar-refractivity contribution in [1.29, 1.82) is 0 Å². The molecule has 0 bridgehead atoms.